The van der Waals surface area contributed by atoms with Gasteiger partial charge in [0.05, 0.1) is 0 Å². The highest BCUT2D eigenvalue weighted by atomic mass is 16.8. The van der Waals surface area contributed by atoms with Gasteiger partial charge in [-0.1, -0.05) is 0 Å². The van der Waals surface area contributed by atoms with Gasteiger partial charge in [-0.2, -0.15) is 0 Å². The van der Waals surface area contributed by atoms with Crippen LogP contribution in [-0.2, 0) is 18.9 Å². The summed E-state index contributed by atoms with van der Waals surface area (Å²) < 4.78 is 21.7. The fourth-order valence-corrected chi connectivity index (χ4v) is 2.32. The third-order valence-electron chi connectivity index (χ3n) is 2.97. The lowest BCUT2D eigenvalue weighted by atomic mass is 10.1. The van der Waals surface area contributed by atoms with Crippen LogP contribution in [0.15, 0.2) is 0 Å². The highest BCUT2D eigenvalue weighted by Gasteiger charge is 2.54. The second kappa shape index (κ2) is 5.14. The van der Waals surface area contributed by atoms with Gasteiger partial charge in [0.15, 0.2) is 12.1 Å². The molecule has 0 aliphatic carbocycles. The Morgan fingerprint density at radius 1 is 1.30 bits per heavy atom. The van der Waals surface area contributed by atoms with Crippen molar-refractivity contribution in [1.29, 1.82) is 0 Å². The number of hydrogen-bond donors (Lipinski definition) is 2. The van der Waals surface area contributed by atoms with Gasteiger partial charge < -0.3 is 29.4 Å². The van der Waals surface area contributed by atoms with Crippen molar-refractivity contribution < 1.29 is 28.8 Å². The molecular weight excluding hydrogens is 266 g/mol. The molecule has 20 heavy (non-hydrogen) atoms. The van der Waals surface area contributed by atoms with Gasteiger partial charge in [0.25, 0.3) is 0 Å². The van der Waals surface area contributed by atoms with Crippen LogP contribution in [0.25, 0.3) is 0 Å². The lowest BCUT2D eigenvalue weighted by molar-refractivity contribution is -0.219. The maximum Gasteiger partial charge on any atom is 0.407 e. The van der Waals surface area contributed by atoms with Crippen molar-refractivity contribution in [3.05, 3.63) is 0 Å². The van der Waals surface area contributed by atoms with Gasteiger partial charge in [-0.25, -0.2) is 4.79 Å². The fourth-order valence-electron chi connectivity index (χ4n) is 2.32. The first-order valence-electron chi connectivity index (χ1n) is 6.73. The van der Waals surface area contributed by atoms with E-state index in [1.54, 1.807) is 34.6 Å². The Morgan fingerprint density at radius 3 is 2.50 bits per heavy atom. The van der Waals surface area contributed by atoms with E-state index in [4.69, 9.17) is 18.9 Å². The average Bonchev–Trinajstić information content (AvgIpc) is 2.69. The van der Waals surface area contributed by atoms with Gasteiger partial charge >= 0.3 is 6.09 Å². The molecule has 2 fully saturated rings. The third kappa shape index (κ3) is 3.60. The first-order chi connectivity index (χ1) is 9.07. The lowest BCUT2D eigenvalue weighted by Gasteiger charge is -2.24. The summed E-state index contributed by atoms with van der Waals surface area (Å²) in [7, 11) is 0. The van der Waals surface area contributed by atoms with Crippen LogP contribution in [0.2, 0.25) is 0 Å². The Hall–Kier alpha value is -0.890. The molecule has 0 saturated carbocycles. The number of carbonyl (C=O) groups is 1. The molecule has 7 nitrogen and oxygen atoms in total. The SMILES string of the molecule is CC(C)(C)OC(=O)NCC1OC(O)C2OC(C)(C)OC12. The summed E-state index contributed by atoms with van der Waals surface area (Å²) in [5.41, 5.74) is -0.558. The molecular formula is C13H23NO6. The number of alkyl carbamates (subject to hydrolysis) is 1. The minimum atomic E-state index is -1.05. The van der Waals surface area contributed by atoms with Gasteiger partial charge in [0.1, 0.15) is 23.9 Å². The number of ether oxygens (including phenoxy) is 4. The molecule has 4 atom stereocenters. The van der Waals surface area contributed by atoms with E-state index in [0.717, 1.165) is 0 Å². The largest absolute Gasteiger partial charge is 0.444 e. The molecule has 1 amide bonds. The number of amides is 1. The van der Waals surface area contributed by atoms with Crippen molar-refractivity contribution in [2.45, 2.75) is 70.6 Å². The maximum absolute atomic E-state index is 11.6. The Morgan fingerprint density at radius 2 is 1.90 bits per heavy atom. The van der Waals surface area contributed by atoms with E-state index in [2.05, 4.69) is 5.32 Å². The van der Waals surface area contributed by atoms with Gasteiger partial charge in [-0.05, 0) is 34.6 Å². The van der Waals surface area contributed by atoms with Gasteiger partial charge in [0.2, 0.25) is 0 Å². The summed E-state index contributed by atoms with van der Waals surface area (Å²) >= 11 is 0. The molecule has 2 saturated heterocycles. The van der Waals surface area contributed by atoms with E-state index in [-0.39, 0.29) is 6.54 Å². The average molecular weight is 289 g/mol. The second-order valence-electron chi connectivity index (χ2n) is 6.51. The molecule has 4 unspecified atom stereocenters. The third-order valence-corrected chi connectivity index (χ3v) is 2.97. The minimum absolute atomic E-state index is 0.187. The van der Waals surface area contributed by atoms with Crippen LogP contribution in [0.1, 0.15) is 34.6 Å². The van der Waals surface area contributed by atoms with Crippen LogP contribution in [-0.4, -0.2) is 53.7 Å². The van der Waals surface area contributed by atoms with E-state index in [1.165, 1.54) is 0 Å². The molecule has 2 aliphatic heterocycles. The molecule has 0 aromatic carbocycles. The Labute approximate surface area is 118 Å². The van der Waals surface area contributed by atoms with Crippen molar-refractivity contribution in [3.8, 4) is 0 Å². The molecule has 0 aromatic heterocycles. The maximum atomic E-state index is 11.6. The topological polar surface area (TPSA) is 86.3 Å². The molecule has 2 heterocycles. The molecule has 2 rings (SSSR count). The summed E-state index contributed by atoms with van der Waals surface area (Å²) in [5.74, 6) is -0.760. The minimum Gasteiger partial charge on any atom is -0.444 e. The van der Waals surface area contributed by atoms with E-state index < -0.39 is 42.1 Å². The number of aliphatic hydroxyl groups excluding tert-OH is 1. The zero-order valence-electron chi connectivity index (χ0n) is 12.5. The van der Waals surface area contributed by atoms with Crippen molar-refractivity contribution >= 4 is 6.09 Å². The number of nitrogens with one attached hydrogen (secondary N) is 1. The lowest BCUT2D eigenvalue weighted by Crippen LogP contribution is -2.41. The van der Waals surface area contributed by atoms with E-state index in [9.17, 15) is 9.90 Å². The molecule has 2 N–H and O–H groups in total. The summed E-state index contributed by atoms with van der Waals surface area (Å²) in [6.45, 7) is 9.10. The van der Waals surface area contributed by atoms with Crippen molar-refractivity contribution in [1.82, 2.24) is 5.32 Å². The number of hydrogen-bond acceptors (Lipinski definition) is 6. The van der Waals surface area contributed by atoms with E-state index in [1.807, 2.05) is 0 Å². The van der Waals surface area contributed by atoms with Crippen LogP contribution in [0.5, 0.6) is 0 Å². The summed E-state index contributed by atoms with van der Waals surface area (Å²) in [5, 5.41) is 12.4. The zero-order chi connectivity index (χ0) is 15.1. The summed E-state index contributed by atoms with van der Waals surface area (Å²) in [6.07, 6.45) is -2.99. The first-order valence-corrected chi connectivity index (χ1v) is 6.73. The van der Waals surface area contributed by atoms with Gasteiger partial charge in [-0.15, -0.1) is 0 Å². The van der Waals surface area contributed by atoms with E-state index >= 15 is 0 Å². The molecule has 0 radical (unpaired) electrons. The molecule has 0 bridgehead atoms. The van der Waals surface area contributed by atoms with Crippen LogP contribution in [0.4, 0.5) is 4.79 Å². The summed E-state index contributed by atoms with van der Waals surface area (Å²) in [6, 6.07) is 0. The first kappa shape index (κ1) is 15.5. The normalized spacial score (nSPS) is 35.7. The van der Waals surface area contributed by atoms with Crippen molar-refractivity contribution in [3.63, 3.8) is 0 Å². The Balaban J connectivity index is 1.87. The molecule has 0 spiro atoms. The monoisotopic (exact) mass is 289 g/mol. The van der Waals surface area contributed by atoms with Crippen molar-refractivity contribution in [2.24, 2.45) is 0 Å². The predicted octanol–water partition coefficient (Wildman–Crippen LogP) is 0.748. The van der Waals surface area contributed by atoms with Crippen LogP contribution >= 0.6 is 0 Å². The molecule has 2 aliphatic rings. The van der Waals surface area contributed by atoms with Crippen LogP contribution in [0.3, 0.4) is 0 Å². The van der Waals surface area contributed by atoms with Gasteiger partial charge in [-0.3, -0.25) is 0 Å². The zero-order valence-corrected chi connectivity index (χ0v) is 12.5. The quantitative estimate of drug-likeness (QED) is 0.780. The Bertz CT molecular complexity index is 378. The smallest absolute Gasteiger partial charge is 0.407 e. The number of carbonyl (C=O) groups excluding carboxylic acids is 1. The summed E-state index contributed by atoms with van der Waals surface area (Å²) in [4.78, 5) is 11.6. The van der Waals surface area contributed by atoms with Crippen molar-refractivity contribution in [2.75, 3.05) is 6.54 Å². The second-order valence-corrected chi connectivity index (χ2v) is 6.51. The highest BCUT2D eigenvalue weighted by Crippen LogP contribution is 2.37. The molecule has 7 heteroatoms. The van der Waals surface area contributed by atoms with Crippen LogP contribution in [0, 0.1) is 0 Å². The fraction of sp³-hybridized carbons (Fsp3) is 0.923. The standard InChI is InChI=1S/C13H23NO6/c1-12(2,3)20-11(16)14-6-7-8-9(10(15)17-7)19-13(4,5)18-8/h7-10,15H,6H2,1-5H3,(H,14,16). The number of rotatable bonds is 2. The molecule has 0 aromatic rings. The van der Waals surface area contributed by atoms with Gasteiger partial charge in [0, 0.05) is 6.54 Å². The highest BCUT2D eigenvalue weighted by molar-refractivity contribution is 5.67. The molecule has 116 valence electrons. The van der Waals surface area contributed by atoms with E-state index in [0.29, 0.717) is 0 Å². The van der Waals surface area contributed by atoms with Crippen LogP contribution < -0.4 is 5.32 Å². The number of aliphatic hydroxyl groups is 1. The predicted molar refractivity (Wildman–Crippen MR) is 68.9 cm³/mol. The number of fused-ring (bicyclic) bond motifs is 1. The Kier molecular flexibility index (Phi) is 3.98.